The van der Waals surface area contributed by atoms with Crippen molar-refractivity contribution in [3.63, 3.8) is 0 Å². The summed E-state index contributed by atoms with van der Waals surface area (Å²) in [7, 11) is 0. The van der Waals surface area contributed by atoms with Crippen LogP contribution in [0.4, 0.5) is 0 Å². The molecule has 0 heterocycles. The Balaban J connectivity index is 2.10. The van der Waals surface area contributed by atoms with Crippen molar-refractivity contribution >= 4 is 11.9 Å². The van der Waals surface area contributed by atoms with Gasteiger partial charge in [0.2, 0.25) is 0 Å². The zero-order valence-corrected chi connectivity index (χ0v) is 20.1. The lowest BCUT2D eigenvalue weighted by Crippen LogP contribution is -2.30. The monoisotopic (exact) mass is 424 g/mol. The number of carbonyl (C=O) groups is 2. The van der Waals surface area contributed by atoms with Crippen LogP contribution in [-0.2, 0) is 19.1 Å². The van der Waals surface area contributed by atoms with Crippen molar-refractivity contribution in [2.45, 2.75) is 124 Å². The highest BCUT2D eigenvalue weighted by atomic mass is 16.5. The molecule has 2 unspecified atom stereocenters. The van der Waals surface area contributed by atoms with Gasteiger partial charge in [0.1, 0.15) is 0 Å². The number of ether oxygens (including phenoxy) is 2. The highest BCUT2D eigenvalue weighted by Gasteiger charge is 2.32. The van der Waals surface area contributed by atoms with Crippen molar-refractivity contribution in [1.29, 1.82) is 0 Å². The number of carbonyl (C=O) groups excluding carboxylic acids is 2. The van der Waals surface area contributed by atoms with Crippen molar-refractivity contribution in [1.82, 2.24) is 0 Å². The SMILES string of the molecule is CCCCCCCCCCOC(=O)C1CCCC(C(=O)OCCCCCC(C)C)C1. The van der Waals surface area contributed by atoms with E-state index in [4.69, 9.17) is 9.47 Å². The number of unbranched alkanes of at least 4 members (excludes halogenated alkanes) is 9. The van der Waals surface area contributed by atoms with Gasteiger partial charge in [-0.2, -0.15) is 0 Å². The number of rotatable bonds is 17. The van der Waals surface area contributed by atoms with Crippen LogP contribution in [0, 0.1) is 17.8 Å². The van der Waals surface area contributed by atoms with E-state index >= 15 is 0 Å². The summed E-state index contributed by atoms with van der Waals surface area (Å²) >= 11 is 0. The molecule has 0 radical (unpaired) electrons. The first-order valence-corrected chi connectivity index (χ1v) is 12.9. The Morgan fingerprint density at radius 3 is 1.70 bits per heavy atom. The minimum atomic E-state index is -0.130. The fourth-order valence-electron chi connectivity index (χ4n) is 4.27. The van der Waals surface area contributed by atoms with Crippen molar-refractivity contribution < 1.29 is 19.1 Å². The molecule has 176 valence electrons. The Kier molecular flexibility index (Phi) is 15.8. The molecule has 4 nitrogen and oxygen atoms in total. The van der Waals surface area contributed by atoms with E-state index in [1.807, 2.05) is 0 Å². The maximum absolute atomic E-state index is 12.4. The number of hydrogen-bond donors (Lipinski definition) is 0. The predicted molar refractivity (Wildman–Crippen MR) is 123 cm³/mol. The van der Waals surface area contributed by atoms with Crippen molar-refractivity contribution in [2.75, 3.05) is 13.2 Å². The summed E-state index contributed by atoms with van der Waals surface area (Å²) in [6.07, 6.45) is 17.6. The Morgan fingerprint density at radius 2 is 1.20 bits per heavy atom. The van der Waals surface area contributed by atoms with E-state index in [1.54, 1.807) is 0 Å². The summed E-state index contributed by atoms with van der Waals surface area (Å²) in [4.78, 5) is 24.7. The molecule has 1 aliphatic rings. The average Bonchev–Trinajstić information content (AvgIpc) is 2.74. The van der Waals surface area contributed by atoms with Gasteiger partial charge in [-0.3, -0.25) is 9.59 Å². The molecule has 0 aromatic rings. The van der Waals surface area contributed by atoms with E-state index in [0.29, 0.717) is 19.6 Å². The fourth-order valence-corrected chi connectivity index (χ4v) is 4.27. The Labute approximate surface area is 185 Å². The first kappa shape index (κ1) is 27.0. The Morgan fingerprint density at radius 1 is 0.733 bits per heavy atom. The first-order chi connectivity index (χ1) is 14.5. The van der Waals surface area contributed by atoms with E-state index in [-0.39, 0.29) is 23.8 Å². The van der Waals surface area contributed by atoms with Gasteiger partial charge in [-0.05, 0) is 38.0 Å². The van der Waals surface area contributed by atoms with E-state index in [9.17, 15) is 9.59 Å². The molecule has 0 bridgehead atoms. The predicted octanol–water partition coefficient (Wildman–Crippen LogP) is 7.24. The van der Waals surface area contributed by atoms with Gasteiger partial charge in [0.15, 0.2) is 0 Å². The molecule has 0 spiro atoms. The summed E-state index contributed by atoms with van der Waals surface area (Å²) in [5.41, 5.74) is 0. The Bertz CT molecular complexity index is 446. The molecule has 0 amide bonds. The molecular weight excluding hydrogens is 376 g/mol. The van der Waals surface area contributed by atoms with Gasteiger partial charge in [-0.25, -0.2) is 0 Å². The van der Waals surface area contributed by atoms with Gasteiger partial charge in [0.05, 0.1) is 25.0 Å². The largest absolute Gasteiger partial charge is 0.465 e. The average molecular weight is 425 g/mol. The molecular formula is C26H48O4. The van der Waals surface area contributed by atoms with Gasteiger partial charge in [0, 0.05) is 0 Å². The highest BCUT2D eigenvalue weighted by Crippen LogP contribution is 2.31. The first-order valence-electron chi connectivity index (χ1n) is 12.9. The zero-order valence-electron chi connectivity index (χ0n) is 20.1. The summed E-state index contributed by atoms with van der Waals surface area (Å²) in [5.74, 6) is 0.261. The minimum Gasteiger partial charge on any atom is -0.465 e. The topological polar surface area (TPSA) is 52.6 Å². The molecule has 0 aliphatic heterocycles. The van der Waals surface area contributed by atoms with Crippen LogP contribution < -0.4 is 0 Å². The second-order valence-electron chi connectivity index (χ2n) is 9.61. The maximum Gasteiger partial charge on any atom is 0.308 e. The summed E-state index contributed by atoms with van der Waals surface area (Å²) in [6, 6.07) is 0. The van der Waals surface area contributed by atoms with E-state index in [1.165, 1.54) is 51.4 Å². The lowest BCUT2D eigenvalue weighted by Gasteiger charge is -2.26. The van der Waals surface area contributed by atoms with Crippen LogP contribution in [0.25, 0.3) is 0 Å². The molecule has 1 rings (SSSR count). The third kappa shape index (κ3) is 13.3. The lowest BCUT2D eigenvalue weighted by atomic mass is 9.81. The van der Waals surface area contributed by atoms with Crippen LogP contribution in [0.15, 0.2) is 0 Å². The molecule has 1 fully saturated rings. The fraction of sp³-hybridized carbons (Fsp3) is 0.923. The van der Waals surface area contributed by atoms with Crippen LogP contribution >= 0.6 is 0 Å². The quantitative estimate of drug-likeness (QED) is 0.182. The smallest absolute Gasteiger partial charge is 0.308 e. The normalized spacial score (nSPS) is 19.1. The molecule has 0 aromatic carbocycles. The highest BCUT2D eigenvalue weighted by molar-refractivity contribution is 5.76. The maximum atomic E-state index is 12.4. The molecule has 4 heteroatoms. The third-order valence-corrected chi connectivity index (χ3v) is 6.25. The third-order valence-electron chi connectivity index (χ3n) is 6.25. The second-order valence-corrected chi connectivity index (χ2v) is 9.61. The Hall–Kier alpha value is -1.06. The van der Waals surface area contributed by atoms with Gasteiger partial charge in [-0.1, -0.05) is 91.4 Å². The van der Waals surface area contributed by atoms with Crippen LogP contribution in [0.5, 0.6) is 0 Å². The summed E-state index contributed by atoms with van der Waals surface area (Å²) < 4.78 is 11.0. The summed E-state index contributed by atoms with van der Waals surface area (Å²) in [6.45, 7) is 7.75. The molecule has 0 N–H and O–H groups in total. The second kappa shape index (κ2) is 17.6. The van der Waals surface area contributed by atoms with Gasteiger partial charge < -0.3 is 9.47 Å². The van der Waals surface area contributed by atoms with Crippen LogP contribution in [-0.4, -0.2) is 25.2 Å². The van der Waals surface area contributed by atoms with Gasteiger partial charge in [0.25, 0.3) is 0 Å². The van der Waals surface area contributed by atoms with E-state index in [2.05, 4.69) is 20.8 Å². The molecule has 0 aromatic heterocycles. The molecule has 0 saturated heterocycles. The van der Waals surface area contributed by atoms with E-state index < -0.39 is 0 Å². The molecule has 2 atom stereocenters. The molecule has 1 aliphatic carbocycles. The van der Waals surface area contributed by atoms with E-state index in [0.717, 1.165) is 50.9 Å². The number of hydrogen-bond acceptors (Lipinski definition) is 4. The summed E-state index contributed by atoms with van der Waals surface area (Å²) in [5, 5.41) is 0. The van der Waals surface area contributed by atoms with Crippen molar-refractivity contribution in [3.05, 3.63) is 0 Å². The lowest BCUT2D eigenvalue weighted by molar-refractivity contribution is -0.155. The van der Waals surface area contributed by atoms with Crippen LogP contribution in [0.2, 0.25) is 0 Å². The van der Waals surface area contributed by atoms with Gasteiger partial charge >= 0.3 is 11.9 Å². The van der Waals surface area contributed by atoms with Crippen molar-refractivity contribution in [2.24, 2.45) is 17.8 Å². The number of esters is 2. The minimum absolute atomic E-state index is 0.107. The molecule has 30 heavy (non-hydrogen) atoms. The molecule has 1 saturated carbocycles. The van der Waals surface area contributed by atoms with Crippen LogP contribution in [0.3, 0.4) is 0 Å². The van der Waals surface area contributed by atoms with Crippen LogP contribution in [0.1, 0.15) is 124 Å². The van der Waals surface area contributed by atoms with Crippen molar-refractivity contribution in [3.8, 4) is 0 Å². The standard InChI is InChI=1S/C26H48O4/c1-4-5-6-7-8-9-10-13-19-29-25(27)23-17-15-18-24(21-23)26(28)30-20-14-11-12-16-22(2)3/h22-24H,4-21H2,1-3H3. The van der Waals surface area contributed by atoms with Gasteiger partial charge in [-0.15, -0.1) is 0 Å². The zero-order chi connectivity index (χ0) is 22.0.